The van der Waals surface area contributed by atoms with Crippen molar-refractivity contribution in [2.24, 2.45) is 7.05 Å². The summed E-state index contributed by atoms with van der Waals surface area (Å²) in [5.41, 5.74) is 5.11. The van der Waals surface area contributed by atoms with Gasteiger partial charge in [0, 0.05) is 36.8 Å². The number of fused-ring (bicyclic) bond motifs is 2. The van der Waals surface area contributed by atoms with Crippen molar-refractivity contribution in [2.45, 2.75) is 57.7 Å². The van der Waals surface area contributed by atoms with Gasteiger partial charge in [-0.25, -0.2) is 14.6 Å². The van der Waals surface area contributed by atoms with Crippen LogP contribution in [0.15, 0.2) is 23.3 Å². The summed E-state index contributed by atoms with van der Waals surface area (Å²) in [6, 6.07) is 4.29. The van der Waals surface area contributed by atoms with Gasteiger partial charge in [0.05, 0.1) is 30.5 Å². The van der Waals surface area contributed by atoms with Crippen molar-refractivity contribution in [1.82, 2.24) is 24.3 Å². The molecule has 1 aliphatic carbocycles. The maximum absolute atomic E-state index is 12.6. The van der Waals surface area contributed by atoms with Crippen molar-refractivity contribution in [3.8, 4) is 0 Å². The third-order valence-electron chi connectivity index (χ3n) is 6.31. The smallest absolute Gasteiger partial charge is 0.267 e. The van der Waals surface area contributed by atoms with E-state index in [4.69, 9.17) is 4.74 Å². The van der Waals surface area contributed by atoms with Crippen LogP contribution < -0.4 is 10.9 Å². The summed E-state index contributed by atoms with van der Waals surface area (Å²) >= 11 is 0. The van der Waals surface area contributed by atoms with Crippen molar-refractivity contribution in [3.63, 3.8) is 0 Å². The molecule has 29 heavy (non-hydrogen) atoms. The van der Waals surface area contributed by atoms with Crippen LogP contribution in [0.1, 0.15) is 48.7 Å². The highest BCUT2D eigenvalue weighted by Crippen LogP contribution is 2.31. The zero-order valence-electron chi connectivity index (χ0n) is 16.9. The van der Waals surface area contributed by atoms with Crippen LogP contribution in [0.4, 0.5) is 5.82 Å². The maximum atomic E-state index is 12.6. The molecule has 1 fully saturated rings. The molecule has 0 aromatic carbocycles. The Kier molecular flexibility index (Phi) is 4.58. The molecule has 152 valence electrons. The number of rotatable bonds is 3. The number of aromatic nitrogens is 5. The summed E-state index contributed by atoms with van der Waals surface area (Å²) in [5.74, 6) is 0.887. The molecule has 0 spiro atoms. The van der Waals surface area contributed by atoms with Gasteiger partial charge in [-0.05, 0) is 38.7 Å². The molecule has 0 unspecified atom stereocenters. The van der Waals surface area contributed by atoms with Crippen LogP contribution in [-0.4, -0.2) is 37.0 Å². The van der Waals surface area contributed by atoms with Gasteiger partial charge in [-0.15, -0.1) is 0 Å². The van der Waals surface area contributed by atoms with Gasteiger partial charge >= 0.3 is 0 Å². The molecular weight excluding hydrogens is 368 g/mol. The van der Waals surface area contributed by atoms with Gasteiger partial charge < -0.3 is 14.6 Å². The summed E-state index contributed by atoms with van der Waals surface area (Å²) in [5, 5.41) is 8.30. The minimum Gasteiger partial charge on any atom is -0.376 e. The Hall–Kier alpha value is -2.74. The Balaban J connectivity index is 1.31. The fourth-order valence-electron chi connectivity index (χ4n) is 4.55. The maximum Gasteiger partial charge on any atom is 0.267 e. The Morgan fingerprint density at radius 2 is 2.00 bits per heavy atom. The molecule has 8 heteroatoms. The summed E-state index contributed by atoms with van der Waals surface area (Å²) in [4.78, 5) is 21.4. The quantitative estimate of drug-likeness (QED) is 0.735. The van der Waals surface area contributed by atoms with Crippen LogP contribution in [0, 0.1) is 6.92 Å². The lowest BCUT2D eigenvalue weighted by atomic mass is 9.91. The molecule has 2 aliphatic rings. The van der Waals surface area contributed by atoms with E-state index < -0.39 is 0 Å². The van der Waals surface area contributed by atoms with E-state index in [1.807, 2.05) is 7.05 Å². The number of hydrogen-bond acceptors (Lipinski definition) is 6. The van der Waals surface area contributed by atoms with Crippen molar-refractivity contribution < 1.29 is 4.74 Å². The van der Waals surface area contributed by atoms with Gasteiger partial charge in [0.2, 0.25) is 0 Å². The van der Waals surface area contributed by atoms with Gasteiger partial charge in [-0.1, -0.05) is 0 Å². The highest BCUT2D eigenvalue weighted by molar-refractivity contribution is 5.87. The van der Waals surface area contributed by atoms with Crippen molar-refractivity contribution in [1.29, 1.82) is 0 Å². The Morgan fingerprint density at radius 3 is 2.83 bits per heavy atom. The van der Waals surface area contributed by atoms with Gasteiger partial charge in [0.25, 0.3) is 5.56 Å². The predicted molar refractivity (Wildman–Crippen MR) is 110 cm³/mol. The van der Waals surface area contributed by atoms with Crippen molar-refractivity contribution in [2.75, 3.05) is 11.9 Å². The number of hydrogen-bond donors (Lipinski definition) is 1. The van der Waals surface area contributed by atoms with E-state index in [0.717, 1.165) is 65.9 Å². The molecule has 0 atom stereocenters. The Labute approximate surface area is 168 Å². The average Bonchev–Trinajstić information content (AvgIpc) is 3.03. The van der Waals surface area contributed by atoms with E-state index in [9.17, 15) is 4.79 Å². The summed E-state index contributed by atoms with van der Waals surface area (Å²) in [6.45, 7) is 3.26. The molecule has 0 bridgehead atoms. The van der Waals surface area contributed by atoms with E-state index in [1.165, 1.54) is 0 Å². The normalized spacial score (nSPS) is 21.9. The molecule has 1 N–H and O–H groups in total. The van der Waals surface area contributed by atoms with E-state index in [1.54, 1.807) is 17.1 Å². The predicted octanol–water partition coefficient (Wildman–Crippen LogP) is 2.50. The fraction of sp³-hybridized carbons (Fsp3) is 0.524. The van der Waals surface area contributed by atoms with Crippen molar-refractivity contribution in [3.05, 3.63) is 45.8 Å². The van der Waals surface area contributed by atoms with E-state index in [0.29, 0.717) is 19.3 Å². The van der Waals surface area contributed by atoms with Crippen LogP contribution in [0.3, 0.4) is 0 Å². The van der Waals surface area contributed by atoms with Gasteiger partial charge in [0.1, 0.15) is 11.8 Å². The second-order valence-corrected chi connectivity index (χ2v) is 8.15. The van der Waals surface area contributed by atoms with Crippen LogP contribution in [-0.2, 0) is 24.8 Å². The highest BCUT2D eigenvalue weighted by Gasteiger charge is 2.26. The monoisotopic (exact) mass is 394 g/mol. The summed E-state index contributed by atoms with van der Waals surface area (Å²) in [6.07, 6.45) is 6.23. The average molecular weight is 394 g/mol. The molecule has 8 nitrogen and oxygen atoms in total. The highest BCUT2D eigenvalue weighted by atomic mass is 16.5. The fourth-order valence-corrected chi connectivity index (χ4v) is 4.55. The van der Waals surface area contributed by atoms with Crippen LogP contribution >= 0.6 is 0 Å². The first kappa shape index (κ1) is 18.3. The molecule has 4 heterocycles. The number of aryl methyl sites for hydroxylation is 2. The molecule has 0 saturated heterocycles. The largest absolute Gasteiger partial charge is 0.376 e. The molecule has 0 radical (unpaired) electrons. The third kappa shape index (κ3) is 3.31. The number of nitrogens with one attached hydrogen (secondary N) is 1. The lowest BCUT2D eigenvalue weighted by Crippen LogP contribution is -2.35. The minimum atomic E-state index is -0.0116. The van der Waals surface area contributed by atoms with E-state index in [-0.39, 0.29) is 11.6 Å². The Bertz CT molecular complexity index is 1110. The lowest BCUT2D eigenvalue weighted by molar-refractivity contribution is 0.107. The first-order valence-corrected chi connectivity index (χ1v) is 10.3. The topological polar surface area (TPSA) is 86.9 Å². The Morgan fingerprint density at radius 1 is 1.17 bits per heavy atom. The number of anilines is 1. The van der Waals surface area contributed by atoms with Gasteiger partial charge in [-0.2, -0.15) is 5.10 Å². The first-order chi connectivity index (χ1) is 14.1. The second kappa shape index (κ2) is 7.26. The third-order valence-corrected chi connectivity index (χ3v) is 6.31. The zero-order chi connectivity index (χ0) is 20.0. The number of ether oxygens (including phenoxy) is 1. The first-order valence-electron chi connectivity index (χ1n) is 10.3. The van der Waals surface area contributed by atoms with Crippen molar-refractivity contribution >= 4 is 16.9 Å². The second-order valence-electron chi connectivity index (χ2n) is 8.15. The molecular formula is C21H26N6O2. The van der Waals surface area contributed by atoms with Gasteiger partial charge in [0.15, 0.2) is 5.82 Å². The van der Waals surface area contributed by atoms with E-state index in [2.05, 4.69) is 37.9 Å². The summed E-state index contributed by atoms with van der Waals surface area (Å²) in [7, 11) is 2.04. The number of nitrogens with zero attached hydrogens (tertiary/aromatic N) is 5. The van der Waals surface area contributed by atoms with Gasteiger partial charge in [-0.3, -0.25) is 4.79 Å². The lowest BCUT2D eigenvalue weighted by Gasteiger charge is -2.30. The zero-order valence-corrected chi connectivity index (χ0v) is 16.9. The standard InChI is InChI=1S/C21H26N6O2/c1-13-9-18-20(26(13)2)21(23-12-22-18)24-15-3-5-16(6-4-15)27-19(28)10-14-11-29-8-7-17(14)25-27/h9-10,12,15-16H,3-8,11H2,1-2H3,(H,22,23,24). The van der Waals surface area contributed by atoms with Crippen LogP contribution in [0.2, 0.25) is 0 Å². The summed E-state index contributed by atoms with van der Waals surface area (Å²) < 4.78 is 9.28. The van der Waals surface area contributed by atoms with Crippen LogP contribution in [0.25, 0.3) is 11.0 Å². The molecule has 3 aromatic heterocycles. The molecule has 0 amide bonds. The molecule has 1 saturated carbocycles. The molecule has 3 aromatic rings. The van der Waals surface area contributed by atoms with Crippen LogP contribution in [0.5, 0.6) is 0 Å². The molecule has 5 rings (SSSR count). The minimum absolute atomic E-state index is 0.0116. The SMILES string of the molecule is Cc1cc2ncnc(NC3CCC(n4nc5c(cc4=O)COCC5)CC3)c2n1C. The molecule has 1 aliphatic heterocycles. The van der Waals surface area contributed by atoms with E-state index >= 15 is 0 Å².